The van der Waals surface area contributed by atoms with Gasteiger partial charge in [-0.3, -0.25) is 0 Å². The third-order valence-corrected chi connectivity index (χ3v) is 4.52. The summed E-state index contributed by atoms with van der Waals surface area (Å²) in [5.74, 6) is 1.15. The van der Waals surface area contributed by atoms with Crippen molar-refractivity contribution >= 4 is 11.5 Å². The van der Waals surface area contributed by atoms with Crippen LogP contribution in [-0.2, 0) is 0 Å². The molecule has 3 heterocycles. The summed E-state index contributed by atoms with van der Waals surface area (Å²) in [6.07, 6.45) is 0.948. The van der Waals surface area contributed by atoms with E-state index in [2.05, 4.69) is 21.0 Å². The van der Waals surface area contributed by atoms with Gasteiger partial charge in [0.2, 0.25) is 0 Å². The van der Waals surface area contributed by atoms with Crippen molar-refractivity contribution in [3.05, 3.63) is 59.2 Å². The Labute approximate surface area is 134 Å². The summed E-state index contributed by atoms with van der Waals surface area (Å²) in [7, 11) is 0. The van der Waals surface area contributed by atoms with Crippen LogP contribution in [0.3, 0.4) is 0 Å². The van der Waals surface area contributed by atoms with Crippen molar-refractivity contribution in [2.45, 2.75) is 26.2 Å². The van der Waals surface area contributed by atoms with E-state index in [0.29, 0.717) is 0 Å². The van der Waals surface area contributed by atoms with Gasteiger partial charge in [-0.05, 0) is 31.9 Å². The van der Waals surface area contributed by atoms with Crippen molar-refractivity contribution in [2.24, 2.45) is 0 Å². The van der Waals surface area contributed by atoms with Crippen LogP contribution in [0.5, 0.6) is 0 Å². The van der Waals surface area contributed by atoms with Crippen LogP contribution in [0.1, 0.15) is 29.3 Å². The number of hydrogen-bond acceptors (Lipinski definition) is 3. The van der Waals surface area contributed by atoms with Gasteiger partial charge >= 0.3 is 0 Å². The summed E-state index contributed by atoms with van der Waals surface area (Å²) < 4.78 is 15.9. The standard InChI is InChI=1S/C18H19FN4/c1-12-10-18(23-17(20-12)9-13(2)21-23)22-8-7-14(11-22)15-5-3-4-6-16(15)19/h3-6,9-10,14H,7-8,11H2,1-2H3/t14-/m1/s1. The summed E-state index contributed by atoms with van der Waals surface area (Å²) in [6, 6.07) is 11.1. The minimum absolute atomic E-state index is 0.106. The molecule has 1 aliphatic rings. The molecule has 0 N–H and O–H groups in total. The molecule has 0 bridgehead atoms. The minimum Gasteiger partial charge on any atom is -0.356 e. The second-order valence-electron chi connectivity index (χ2n) is 6.26. The van der Waals surface area contributed by atoms with Gasteiger partial charge in [0.1, 0.15) is 11.6 Å². The number of halogens is 1. The predicted molar refractivity (Wildman–Crippen MR) is 88.4 cm³/mol. The van der Waals surface area contributed by atoms with Crippen molar-refractivity contribution in [1.82, 2.24) is 14.6 Å². The van der Waals surface area contributed by atoms with Crippen LogP contribution in [0, 0.1) is 19.7 Å². The zero-order valence-electron chi connectivity index (χ0n) is 13.3. The normalized spacial score (nSPS) is 18.0. The predicted octanol–water partition coefficient (Wildman–Crippen LogP) is 3.48. The lowest BCUT2D eigenvalue weighted by atomic mass is 9.98. The van der Waals surface area contributed by atoms with Gasteiger partial charge in [-0.1, -0.05) is 18.2 Å². The summed E-state index contributed by atoms with van der Waals surface area (Å²) in [5.41, 5.74) is 3.61. The summed E-state index contributed by atoms with van der Waals surface area (Å²) >= 11 is 0. The van der Waals surface area contributed by atoms with E-state index in [1.165, 1.54) is 0 Å². The van der Waals surface area contributed by atoms with E-state index >= 15 is 0 Å². The summed E-state index contributed by atoms with van der Waals surface area (Å²) in [5, 5.41) is 4.55. The van der Waals surface area contributed by atoms with E-state index in [4.69, 9.17) is 0 Å². The molecule has 4 nitrogen and oxygen atoms in total. The SMILES string of the molecule is Cc1cc(N2CC[C@@H](c3ccccc3F)C2)n2nc(C)cc2n1. The quantitative estimate of drug-likeness (QED) is 0.726. The second kappa shape index (κ2) is 5.33. The van der Waals surface area contributed by atoms with Crippen LogP contribution in [0.2, 0.25) is 0 Å². The van der Waals surface area contributed by atoms with Gasteiger partial charge < -0.3 is 4.90 Å². The molecule has 23 heavy (non-hydrogen) atoms. The van der Waals surface area contributed by atoms with Crippen LogP contribution >= 0.6 is 0 Å². The first-order chi connectivity index (χ1) is 11.1. The molecule has 1 aromatic carbocycles. The largest absolute Gasteiger partial charge is 0.356 e. The number of hydrogen-bond donors (Lipinski definition) is 0. The smallest absolute Gasteiger partial charge is 0.157 e. The van der Waals surface area contributed by atoms with Gasteiger partial charge in [0.05, 0.1) is 5.69 Å². The number of nitrogens with zero attached hydrogens (tertiary/aromatic N) is 4. The molecule has 4 rings (SSSR count). The fraction of sp³-hybridized carbons (Fsp3) is 0.333. The molecule has 0 unspecified atom stereocenters. The molecule has 118 valence electrons. The van der Waals surface area contributed by atoms with E-state index in [9.17, 15) is 4.39 Å². The second-order valence-corrected chi connectivity index (χ2v) is 6.26. The van der Waals surface area contributed by atoms with Crippen LogP contribution in [0.4, 0.5) is 10.2 Å². The van der Waals surface area contributed by atoms with Gasteiger partial charge in [0.15, 0.2) is 5.65 Å². The van der Waals surface area contributed by atoms with Crippen LogP contribution in [-0.4, -0.2) is 27.7 Å². The van der Waals surface area contributed by atoms with E-state index < -0.39 is 0 Å². The highest BCUT2D eigenvalue weighted by Crippen LogP contribution is 2.32. The van der Waals surface area contributed by atoms with Gasteiger partial charge in [-0.2, -0.15) is 9.61 Å². The van der Waals surface area contributed by atoms with Crippen molar-refractivity contribution in [3.8, 4) is 0 Å². The van der Waals surface area contributed by atoms with Gasteiger partial charge in [0.25, 0.3) is 0 Å². The van der Waals surface area contributed by atoms with Gasteiger partial charge in [-0.25, -0.2) is 9.37 Å². The molecule has 0 spiro atoms. The number of aromatic nitrogens is 3. The summed E-state index contributed by atoms with van der Waals surface area (Å²) in [4.78, 5) is 6.82. The van der Waals surface area contributed by atoms with Crippen LogP contribution < -0.4 is 4.90 Å². The Balaban J connectivity index is 1.69. The fourth-order valence-electron chi connectivity index (χ4n) is 3.45. The number of anilines is 1. The van der Waals surface area contributed by atoms with Crippen molar-refractivity contribution in [1.29, 1.82) is 0 Å². The number of aryl methyl sites for hydroxylation is 2. The number of rotatable bonds is 2. The molecular formula is C18H19FN4. The lowest BCUT2D eigenvalue weighted by molar-refractivity contribution is 0.589. The molecular weight excluding hydrogens is 291 g/mol. The van der Waals surface area contributed by atoms with E-state index in [-0.39, 0.29) is 11.7 Å². The Morgan fingerprint density at radius 1 is 1.13 bits per heavy atom. The molecule has 0 amide bonds. The lowest BCUT2D eigenvalue weighted by Crippen LogP contribution is -2.22. The molecule has 1 aliphatic heterocycles. The molecule has 0 radical (unpaired) electrons. The molecule has 1 atom stereocenters. The van der Waals surface area contributed by atoms with Crippen LogP contribution in [0.15, 0.2) is 36.4 Å². The molecule has 1 fully saturated rings. The molecule has 0 aliphatic carbocycles. The average molecular weight is 310 g/mol. The first-order valence-electron chi connectivity index (χ1n) is 7.95. The van der Waals surface area contributed by atoms with Crippen LogP contribution in [0.25, 0.3) is 5.65 Å². The van der Waals surface area contributed by atoms with E-state index in [1.54, 1.807) is 12.1 Å². The highest BCUT2D eigenvalue weighted by atomic mass is 19.1. The highest BCUT2D eigenvalue weighted by molar-refractivity contribution is 5.53. The lowest BCUT2D eigenvalue weighted by Gasteiger charge is -2.20. The third kappa shape index (κ3) is 2.46. The van der Waals surface area contributed by atoms with E-state index in [1.807, 2.05) is 36.6 Å². The van der Waals surface area contributed by atoms with Gasteiger partial charge in [0, 0.05) is 36.8 Å². The van der Waals surface area contributed by atoms with Crippen molar-refractivity contribution in [2.75, 3.05) is 18.0 Å². The Morgan fingerprint density at radius 2 is 1.96 bits per heavy atom. The topological polar surface area (TPSA) is 33.4 Å². The maximum absolute atomic E-state index is 14.0. The first kappa shape index (κ1) is 14.2. The number of fused-ring (bicyclic) bond motifs is 1. The maximum Gasteiger partial charge on any atom is 0.157 e. The Morgan fingerprint density at radius 3 is 2.78 bits per heavy atom. The molecule has 0 saturated carbocycles. The molecule has 5 heteroatoms. The Kier molecular flexibility index (Phi) is 3.29. The minimum atomic E-state index is -0.106. The Bertz CT molecular complexity index is 871. The zero-order valence-corrected chi connectivity index (χ0v) is 13.3. The van der Waals surface area contributed by atoms with E-state index in [0.717, 1.165) is 47.9 Å². The molecule has 1 saturated heterocycles. The monoisotopic (exact) mass is 310 g/mol. The maximum atomic E-state index is 14.0. The van der Waals surface area contributed by atoms with Crippen molar-refractivity contribution in [3.63, 3.8) is 0 Å². The zero-order chi connectivity index (χ0) is 16.0. The fourth-order valence-corrected chi connectivity index (χ4v) is 3.45. The molecule has 3 aromatic rings. The number of benzene rings is 1. The van der Waals surface area contributed by atoms with Gasteiger partial charge in [-0.15, -0.1) is 0 Å². The summed E-state index contributed by atoms with van der Waals surface area (Å²) in [6.45, 7) is 5.67. The highest BCUT2D eigenvalue weighted by Gasteiger charge is 2.27. The van der Waals surface area contributed by atoms with Crippen molar-refractivity contribution < 1.29 is 4.39 Å². The first-order valence-corrected chi connectivity index (χ1v) is 7.95. The molecule has 2 aromatic heterocycles. The Hall–Kier alpha value is -2.43. The average Bonchev–Trinajstić information content (AvgIpc) is 3.12. The third-order valence-electron chi connectivity index (χ3n) is 4.52.